The van der Waals surface area contributed by atoms with Crippen molar-refractivity contribution >= 4 is 45.3 Å². The highest BCUT2D eigenvalue weighted by Gasteiger charge is 2.45. The van der Waals surface area contributed by atoms with Crippen LogP contribution in [0.15, 0.2) is 24.3 Å². The molecule has 1 aliphatic heterocycles. The minimum Gasteiger partial charge on any atom is -0.335 e. The van der Waals surface area contributed by atoms with Crippen LogP contribution in [-0.4, -0.2) is 63.6 Å². The second kappa shape index (κ2) is 7.67. The quantitative estimate of drug-likeness (QED) is 0.546. The molecule has 2 aromatic rings. The van der Waals surface area contributed by atoms with Gasteiger partial charge >= 0.3 is 17.8 Å². The zero-order valence-corrected chi connectivity index (χ0v) is 17.0. The number of imide groups is 2. The van der Waals surface area contributed by atoms with E-state index in [1.165, 1.54) is 16.2 Å². The van der Waals surface area contributed by atoms with Crippen LogP contribution < -0.4 is 0 Å². The molecule has 1 aliphatic rings. The van der Waals surface area contributed by atoms with Crippen molar-refractivity contribution in [1.82, 2.24) is 19.7 Å². The first-order valence-corrected chi connectivity index (χ1v) is 9.80. The van der Waals surface area contributed by atoms with Crippen molar-refractivity contribution in [2.24, 2.45) is 5.92 Å². The zero-order valence-electron chi connectivity index (χ0n) is 16.2. The van der Waals surface area contributed by atoms with Gasteiger partial charge in [0.2, 0.25) is 5.91 Å². The predicted octanol–water partition coefficient (Wildman–Crippen LogP) is 2.26. The number of rotatable bonds is 6. The second-order valence-electron chi connectivity index (χ2n) is 7.18. The number of amides is 5. The Morgan fingerprint density at radius 3 is 2.39 bits per heavy atom. The second-order valence-corrected chi connectivity index (χ2v) is 8.25. The van der Waals surface area contributed by atoms with Gasteiger partial charge < -0.3 is 4.90 Å². The maximum absolute atomic E-state index is 12.7. The van der Waals surface area contributed by atoms with E-state index in [9.17, 15) is 19.2 Å². The predicted molar refractivity (Wildman–Crippen MR) is 104 cm³/mol. The molecule has 1 atom stereocenters. The summed E-state index contributed by atoms with van der Waals surface area (Å²) < 4.78 is 1.02. The van der Waals surface area contributed by atoms with Crippen molar-refractivity contribution in [2.45, 2.75) is 26.8 Å². The summed E-state index contributed by atoms with van der Waals surface area (Å²) in [7, 11) is 1.60. The molecule has 1 saturated heterocycles. The van der Waals surface area contributed by atoms with Gasteiger partial charge in [0.25, 0.3) is 0 Å². The summed E-state index contributed by atoms with van der Waals surface area (Å²) in [4.78, 5) is 56.9. The molecule has 0 unspecified atom stereocenters. The lowest BCUT2D eigenvalue weighted by molar-refractivity contribution is -0.145. The van der Waals surface area contributed by atoms with E-state index in [1.54, 1.807) is 7.05 Å². The van der Waals surface area contributed by atoms with Gasteiger partial charge in [-0.1, -0.05) is 26.0 Å². The van der Waals surface area contributed by atoms with Crippen LogP contribution in [0, 0.1) is 5.92 Å². The topological polar surface area (TPSA) is 90.9 Å². The Kier molecular flexibility index (Phi) is 5.46. The molecule has 0 aliphatic carbocycles. The largest absolute Gasteiger partial charge is 0.335 e. The van der Waals surface area contributed by atoms with E-state index < -0.39 is 30.3 Å². The highest BCUT2D eigenvalue weighted by atomic mass is 32.1. The van der Waals surface area contributed by atoms with Crippen LogP contribution in [0.2, 0.25) is 0 Å². The standard InChI is InChI=1S/C19H22N4O4S/c1-11(2)9-22-17(25)18(26)23(19(22)27)10-15(24)21(4)12(3)16-20-13-7-5-6-8-14(13)28-16/h5-8,11-12H,9-10H2,1-4H3/t12-/m1/s1. The van der Waals surface area contributed by atoms with E-state index in [1.807, 2.05) is 45.0 Å². The molecule has 0 spiro atoms. The molecule has 0 bridgehead atoms. The van der Waals surface area contributed by atoms with Crippen molar-refractivity contribution in [1.29, 1.82) is 0 Å². The summed E-state index contributed by atoms with van der Waals surface area (Å²) in [5, 5.41) is 0.758. The van der Waals surface area contributed by atoms with Gasteiger partial charge in [-0.05, 0) is 25.0 Å². The van der Waals surface area contributed by atoms with Crippen LogP contribution in [0.1, 0.15) is 31.8 Å². The molecule has 148 valence electrons. The van der Waals surface area contributed by atoms with Crippen molar-refractivity contribution in [2.75, 3.05) is 20.1 Å². The lowest BCUT2D eigenvalue weighted by atomic mass is 10.2. The third kappa shape index (κ3) is 3.62. The number of fused-ring (bicyclic) bond motifs is 1. The SMILES string of the molecule is CC(C)CN1C(=O)C(=O)N(CC(=O)N(C)[C@H](C)c2nc3ccccc3s2)C1=O. The fourth-order valence-electron chi connectivity index (χ4n) is 2.91. The smallest absolute Gasteiger partial charge is 0.334 e. The van der Waals surface area contributed by atoms with E-state index in [2.05, 4.69) is 4.98 Å². The van der Waals surface area contributed by atoms with E-state index in [0.717, 1.165) is 20.1 Å². The molecule has 28 heavy (non-hydrogen) atoms. The van der Waals surface area contributed by atoms with Crippen molar-refractivity contribution < 1.29 is 19.2 Å². The number of benzene rings is 1. The Morgan fingerprint density at radius 2 is 1.75 bits per heavy atom. The summed E-state index contributed by atoms with van der Waals surface area (Å²) in [6.45, 7) is 5.19. The molecule has 2 heterocycles. The van der Waals surface area contributed by atoms with Gasteiger partial charge in [0, 0.05) is 13.6 Å². The normalized spacial score (nSPS) is 15.8. The number of nitrogens with zero attached hydrogens (tertiary/aromatic N) is 4. The number of likely N-dealkylation sites (N-methyl/N-ethyl adjacent to an activating group) is 1. The van der Waals surface area contributed by atoms with Crippen LogP contribution in [-0.2, 0) is 14.4 Å². The number of hydrogen-bond donors (Lipinski definition) is 0. The number of urea groups is 1. The van der Waals surface area contributed by atoms with Gasteiger partial charge in [0.15, 0.2) is 0 Å². The molecule has 0 saturated carbocycles. The van der Waals surface area contributed by atoms with Crippen LogP contribution in [0.4, 0.5) is 4.79 Å². The van der Waals surface area contributed by atoms with Gasteiger partial charge in [-0.3, -0.25) is 19.3 Å². The van der Waals surface area contributed by atoms with E-state index in [0.29, 0.717) is 4.90 Å². The molecule has 1 aromatic carbocycles. The molecule has 0 N–H and O–H groups in total. The van der Waals surface area contributed by atoms with Gasteiger partial charge in [-0.2, -0.15) is 0 Å². The van der Waals surface area contributed by atoms with Gasteiger partial charge in [0.1, 0.15) is 11.6 Å². The maximum atomic E-state index is 12.7. The monoisotopic (exact) mass is 402 g/mol. The summed E-state index contributed by atoms with van der Waals surface area (Å²) >= 11 is 1.49. The van der Waals surface area contributed by atoms with Crippen LogP contribution in [0.5, 0.6) is 0 Å². The molecule has 1 aromatic heterocycles. The molecule has 0 radical (unpaired) electrons. The first kappa shape index (κ1) is 19.9. The molecular formula is C19H22N4O4S. The molecular weight excluding hydrogens is 380 g/mol. The van der Waals surface area contributed by atoms with E-state index >= 15 is 0 Å². The maximum Gasteiger partial charge on any atom is 0.334 e. The summed E-state index contributed by atoms with van der Waals surface area (Å²) in [6.07, 6.45) is 0. The highest BCUT2D eigenvalue weighted by molar-refractivity contribution is 7.18. The van der Waals surface area contributed by atoms with Gasteiger partial charge in [0.05, 0.1) is 16.3 Å². The number of carbonyl (C=O) groups excluding carboxylic acids is 4. The minimum atomic E-state index is -0.958. The van der Waals surface area contributed by atoms with E-state index in [-0.39, 0.29) is 18.5 Å². The summed E-state index contributed by atoms with van der Waals surface area (Å²) in [5.74, 6) is -2.25. The Bertz CT molecular complexity index is 921. The fraction of sp³-hybridized carbons (Fsp3) is 0.421. The van der Waals surface area contributed by atoms with Gasteiger partial charge in [-0.25, -0.2) is 14.7 Å². The van der Waals surface area contributed by atoms with Crippen LogP contribution in [0.25, 0.3) is 10.2 Å². The third-order valence-electron chi connectivity index (χ3n) is 4.62. The molecule has 1 fully saturated rings. The van der Waals surface area contributed by atoms with Crippen LogP contribution in [0.3, 0.4) is 0 Å². The number of carbonyl (C=O) groups is 4. The summed E-state index contributed by atoms with van der Waals surface area (Å²) in [6, 6.07) is 6.62. The Hall–Kier alpha value is -2.81. The van der Waals surface area contributed by atoms with Gasteiger partial charge in [-0.15, -0.1) is 11.3 Å². The van der Waals surface area contributed by atoms with Crippen molar-refractivity contribution in [3.8, 4) is 0 Å². The first-order chi connectivity index (χ1) is 13.2. The number of hydrogen-bond acceptors (Lipinski definition) is 6. The minimum absolute atomic E-state index is 0.0260. The molecule has 8 nitrogen and oxygen atoms in total. The van der Waals surface area contributed by atoms with Crippen molar-refractivity contribution in [3.05, 3.63) is 29.3 Å². The molecule has 9 heteroatoms. The Balaban J connectivity index is 1.72. The molecule has 5 amide bonds. The number of para-hydroxylation sites is 1. The van der Waals surface area contributed by atoms with Crippen molar-refractivity contribution in [3.63, 3.8) is 0 Å². The fourth-order valence-corrected chi connectivity index (χ4v) is 3.98. The average Bonchev–Trinajstić information content (AvgIpc) is 3.18. The molecule has 3 rings (SSSR count). The number of aromatic nitrogens is 1. The third-order valence-corrected chi connectivity index (χ3v) is 5.82. The average molecular weight is 402 g/mol. The number of thiazole rings is 1. The van der Waals surface area contributed by atoms with Crippen LogP contribution >= 0.6 is 11.3 Å². The first-order valence-electron chi connectivity index (χ1n) is 8.99. The Labute approximate surface area is 166 Å². The highest BCUT2D eigenvalue weighted by Crippen LogP contribution is 2.29. The lowest BCUT2D eigenvalue weighted by Crippen LogP contribution is -2.43. The zero-order chi connectivity index (χ0) is 20.6. The van der Waals surface area contributed by atoms with E-state index in [4.69, 9.17) is 0 Å². The summed E-state index contributed by atoms with van der Waals surface area (Å²) in [5.41, 5.74) is 0.857. The Morgan fingerprint density at radius 1 is 1.11 bits per heavy atom. The lowest BCUT2D eigenvalue weighted by Gasteiger charge is -2.25.